The van der Waals surface area contributed by atoms with E-state index in [0.29, 0.717) is 0 Å². The second-order valence-corrected chi connectivity index (χ2v) is 11.2. The maximum absolute atomic E-state index is 2.48. The molecule has 0 spiro atoms. The van der Waals surface area contributed by atoms with Gasteiger partial charge in [-0.25, -0.2) is 0 Å². The summed E-state index contributed by atoms with van der Waals surface area (Å²) in [6, 6.07) is 11.4. The molecule has 0 heterocycles. The Hall–Kier alpha value is -1.08. The maximum Gasteiger partial charge on any atom is 0.0787 e. The lowest BCUT2D eigenvalue weighted by molar-refractivity contribution is 0.913. The third kappa shape index (κ3) is 1.73. The van der Waals surface area contributed by atoms with Crippen LogP contribution in [0.1, 0.15) is 17.5 Å². The quantitative estimate of drug-likeness (QED) is 0.664. The number of aryl methyl sites for hydroxylation is 1. The van der Waals surface area contributed by atoms with Crippen LogP contribution in [0.15, 0.2) is 30.3 Å². The fraction of sp³-hybridized carbons (Fsp3) is 0.375. The standard InChI is InChI=1S/C16H20Si/c1-17(2,3)16-14-9-5-4-7-12(14)11-13-8-6-10-15(13)16/h4-5,7,9,11H,6,8,10H2,1-3H3. The van der Waals surface area contributed by atoms with Crippen LogP contribution in [0.4, 0.5) is 0 Å². The largest absolute Gasteiger partial charge is 0.0787 e. The van der Waals surface area contributed by atoms with Crippen LogP contribution in [-0.2, 0) is 12.8 Å². The van der Waals surface area contributed by atoms with E-state index in [1.165, 1.54) is 30.0 Å². The van der Waals surface area contributed by atoms with E-state index in [-0.39, 0.29) is 0 Å². The lowest BCUT2D eigenvalue weighted by Crippen LogP contribution is -2.40. The molecule has 0 aromatic heterocycles. The van der Waals surface area contributed by atoms with Crippen LogP contribution in [-0.4, -0.2) is 8.07 Å². The van der Waals surface area contributed by atoms with Gasteiger partial charge in [0.2, 0.25) is 0 Å². The molecule has 0 bridgehead atoms. The number of benzene rings is 2. The smallest absolute Gasteiger partial charge is 0.0656 e. The first-order valence-electron chi connectivity index (χ1n) is 6.61. The van der Waals surface area contributed by atoms with Crippen LogP contribution in [0, 0.1) is 0 Å². The van der Waals surface area contributed by atoms with Crippen molar-refractivity contribution in [3.8, 4) is 0 Å². The summed E-state index contributed by atoms with van der Waals surface area (Å²) in [5, 5.41) is 4.70. The normalized spacial score (nSPS) is 15.2. The second kappa shape index (κ2) is 3.71. The molecule has 0 saturated heterocycles. The predicted octanol–water partition coefficient (Wildman–Crippen LogP) is 3.87. The van der Waals surface area contributed by atoms with Gasteiger partial charge in [0, 0.05) is 0 Å². The predicted molar refractivity (Wildman–Crippen MR) is 79.0 cm³/mol. The van der Waals surface area contributed by atoms with Gasteiger partial charge in [-0.2, -0.15) is 0 Å². The molecule has 3 rings (SSSR count). The molecule has 2 aromatic carbocycles. The van der Waals surface area contributed by atoms with Crippen molar-refractivity contribution in [2.24, 2.45) is 0 Å². The molecule has 0 radical (unpaired) electrons. The minimum absolute atomic E-state index is 1.25. The van der Waals surface area contributed by atoms with Crippen molar-refractivity contribution in [3.05, 3.63) is 41.5 Å². The summed E-state index contributed by atoms with van der Waals surface area (Å²) in [6.45, 7) is 7.44. The van der Waals surface area contributed by atoms with Gasteiger partial charge in [0.05, 0.1) is 8.07 Å². The summed E-state index contributed by atoms with van der Waals surface area (Å²) in [6.07, 6.45) is 3.94. The molecule has 0 unspecified atom stereocenters. The monoisotopic (exact) mass is 240 g/mol. The van der Waals surface area contributed by atoms with E-state index >= 15 is 0 Å². The molecule has 0 aliphatic heterocycles. The summed E-state index contributed by atoms with van der Waals surface area (Å²) in [5.41, 5.74) is 3.32. The topological polar surface area (TPSA) is 0 Å². The summed E-state index contributed by atoms with van der Waals surface area (Å²) in [5.74, 6) is 0. The van der Waals surface area contributed by atoms with Gasteiger partial charge in [-0.1, -0.05) is 50.0 Å². The van der Waals surface area contributed by atoms with Gasteiger partial charge in [0.15, 0.2) is 0 Å². The molecule has 0 atom stereocenters. The first-order valence-corrected chi connectivity index (χ1v) is 10.1. The maximum atomic E-state index is 2.48. The molecule has 0 saturated carbocycles. The molecule has 1 aliphatic carbocycles. The number of hydrogen-bond donors (Lipinski definition) is 0. The van der Waals surface area contributed by atoms with Gasteiger partial charge in [0.1, 0.15) is 0 Å². The average molecular weight is 240 g/mol. The fourth-order valence-electron chi connectivity index (χ4n) is 3.27. The summed E-state index contributed by atoms with van der Waals surface area (Å²) in [7, 11) is -1.25. The molecular weight excluding hydrogens is 220 g/mol. The Morgan fingerprint density at radius 2 is 1.76 bits per heavy atom. The van der Waals surface area contributed by atoms with Gasteiger partial charge in [-0.15, -0.1) is 0 Å². The van der Waals surface area contributed by atoms with Crippen molar-refractivity contribution < 1.29 is 0 Å². The highest BCUT2D eigenvalue weighted by atomic mass is 28.3. The minimum Gasteiger partial charge on any atom is -0.0656 e. The van der Waals surface area contributed by atoms with Crippen molar-refractivity contribution in [3.63, 3.8) is 0 Å². The molecule has 0 fully saturated rings. The van der Waals surface area contributed by atoms with Crippen LogP contribution in [0.2, 0.25) is 19.6 Å². The van der Waals surface area contributed by atoms with Crippen LogP contribution in [0.3, 0.4) is 0 Å². The SMILES string of the molecule is C[Si](C)(C)c1c2c(cc3ccccc13)CCC2. The van der Waals surface area contributed by atoms with E-state index in [1.807, 2.05) is 0 Å². The highest BCUT2D eigenvalue weighted by molar-refractivity contribution is 6.90. The van der Waals surface area contributed by atoms with Crippen LogP contribution >= 0.6 is 0 Å². The van der Waals surface area contributed by atoms with E-state index in [0.717, 1.165) is 0 Å². The average Bonchev–Trinajstić information content (AvgIpc) is 2.71. The zero-order chi connectivity index (χ0) is 12.0. The third-order valence-electron chi connectivity index (χ3n) is 3.87. The molecule has 2 aromatic rings. The number of hydrogen-bond acceptors (Lipinski definition) is 0. The first kappa shape index (κ1) is 11.0. The Morgan fingerprint density at radius 3 is 2.53 bits per heavy atom. The van der Waals surface area contributed by atoms with Crippen molar-refractivity contribution in [2.75, 3.05) is 0 Å². The van der Waals surface area contributed by atoms with Crippen molar-refractivity contribution >= 4 is 24.0 Å². The Balaban J connectivity index is 2.43. The molecule has 17 heavy (non-hydrogen) atoms. The molecule has 0 N–H and O–H groups in total. The summed E-state index contributed by atoms with van der Waals surface area (Å²) in [4.78, 5) is 0. The minimum atomic E-state index is -1.25. The number of rotatable bonds is 1. The van der Waals surface area contributed by atoms with Gasteiger partial charge >= 0.3 is 0 Å². The molecule has 88 valence electrons. The van der Waals surface area contributed by atoms with E-state index in [1.54, 1.807) is 16.3 Å². The van der Waals surface area contributed by atoms with Crippen LogP contribution in [0.5, 0.6) is 0 Å². The number of fused-ring (bicyclic) bond motifs is 2. The Morgan fingerprint density at radius 1 is 1.00 bits per heavy atom. The van der Waals surface area contributed by atoms with E-state index in [2.05, 4.69) is 50.0 Å². The second-order valence-electron chi connectivity index (χ2n) is 6.21. The van der Waals surface area contributed by atoms with Gasteiger partial charge in [-0.3, -0.25) is 0 Å². The Labute approximate surface area is 105 Å². The molecular formula is C16H20Si. The fourth-order valence-corrected chi connectivity index (χ4v) is 5.50. The van der Waals surface area contributed by atoms with Gasteiger partial charge in [-0.05, 0) is 46.3 Å². The first-order chi connectivity index (χ1) is 8.07. The van der Waals surface area contributed by atoms with Gasteiger partial charge in [0.25, 0.3) is 0 Å². The third-order valence-corrected chi connectivity index (χ3v) is 5.94. The van der Waals surface area contributed by atoms with E-state index in [9.17, 15) is 0 Å². The van der Waals surface area contributed by atoms with Crippen molar-refractivity contribution in [1.82, 2.24) is 0 Å². The zero-order valence-electron chi connectivity index (χ0n) is 11.0. The summed E-state index contributed by atoms with van der Waals surface area (Å²) < 4.78 is 0. The summed E-state index contributed by atoms with van der Waals surface area (Å²) >= 11 is 0. The van der Waals surface area contributed by atoms with Crippen LogP contribution in [0.25, 0.3) is 10.8 Å². The van der Waals surface area contributed by atoms with E-state index in [4.69, 9.17) is 0 Å². The highest BCUT2D eigenvalue weighted by Crippen LogP contribution is 2.28. The van der Waals surface area contributed by atoms with Crippen molar-refractivity contribution in [1.29, 1.82) is 0 Å². The highest BCUT2D eigenvalue weighted by Gasteiger charge is 2.26. The molecule has 1 aliphatic rings. The zero-order valence-corrected chi connectivity index (χ0v) is 12.0. The molecule has 0 amide bonds. The van der Waals surface area contributed by atoms with Crippen molar-refractivity contribution in [2.45, 2.75) is 38.9 Å². The molecule has 0 nitrogen and oxygen atoms in total. The molecule has 1 heteroatoms. The Kier molecular flexibility index (Phi) is 2.41. The van der Waals surface area contributed by atoms with Gasteiger partial charge < -0.3 is 0 Å². The Bertz CT molecular complexity index is 576. The lowest BCUT2D eigenvalue weighted by atomic mass is 10.0. The van der Waals surface area contributed by atoms with Crippen LogP contribution < -0.4 is 5.19 Å². The lowest BCUT2D eigenvalue weighted by Gasteiger charge is -2.23. The van der Waals surface area contributed by atoms with E-state index < -0.39 is 8.07 Å².